The van der Waals surface area contributed by atoms with Gasteiger partial charge in [-0.3, -0.25) is 4.79 Å². The molecule has 118 valence electrons. The van der Waals surface area contributed by atoms with Crippen molar-refractivity contribution in [2.45, 2.75) is 25.8 Å². The average Bonchev–Trinajstić information content (AvgIpc) is 3.00. The standard InChI is InChI=1S/C15H24N2O4/c16-9-14-8-13(11-21-14)15(18)17-4-1-5-20-10-12-2-6-19-7-3-12/h8,11-12H,1-7,9-10,16H2,(H,17,18). The second-order valence-corrected chi connectivity index (χ2v) is 5.25. The Bertz CT molecular complexity index is 427. The van der Waals surface area contributed by atoms with E-state index in [1.54, 1.807) is 6.07 Å². The predicted octanol–water partition coefficient (Wildman–Crippen LogP) is 1.30. The van der Waals surface area contributed by atoms with Gasteiger partial charge >= 0.3 is 0 Å². The van der Waals surface area contributed by atoms with Crippen LogP contribution in [0.15, 0.2) is 16.7 Å². The fourth-order valence-corrected chi connectivity index (χ4v) is 2.25. The molecule has 2 rings (SSSR count). The molecule has 6 heteroatoms. The maximum Gasteiger partial charge on any atom is 0.254 e. The highest BCUT2D eigenvalue weighted by Crippen LogP contribution is 2.14. The topological polar surface area (TPSA) is 86.7 Å². The molecule has 1 saturated heterocycles. The molecule has 0 unspecified atom stereocenters. The van der Waals surface area contributed by atoms with Gasteiger partial charge in [0.2, 0.25) is 0 Å². The molecule has 6 nitrogen and oxygen atoms in total. The highest BCUT2D eigenvalue weighted by atomic mass is 16.5. The number of ether oxygens (including phenoxy) is 2. The summed E-state index contributed by atoms with van der Waals surface area (Å²) < 4.78 is 16.1. The van der Waals surface area contributed by atoms with Crippen molar-refractivity contribution in [3.63, 3.8) is 0 Å². The normalized spacial score (nSPS) is 16.0. The summed E-state index contributed by atoms with van der Waals surface area (Å²) in [6, 6.07) is 1.66. The summed E-state index contributed by atoms with van der Waals surface area (Å²) >= 11 is 0. The summed E-state index contributed by atoms with van der Waals surface area (Å²) in [6.45, 7) is 4.04. The first-order valence-electron chi connectivity index (χ1n) is 7.50. The van der Waals surface area contributed by atoms with Gasteiger partial charge < -0.3 is 24.9 Å². The van der Waals surface area contributed by atoms with Crippen molar-refractivity contribution in [1.29, 1.82) is 0 Å². The lowest BCUT2D eigenvalue weighted by Gasteiger charge is -2.21. The van der Waals surface area contributed by atoms with Crippen LogP contribution in [0, 0.1) is 5.92 Å². The minimum atomic E-state index is -0.136. The number of hydrogen-bond donors (Lipinski definition) is 2. The third kappa shape index (κ3) is 5.49. The molecule has 21 heavy (non-hydrogen) atoms. The summed E-state index contributed by atoms with van der Waals surface area (Å²) in [5.74, 6) is 1.09. The van der Waals surface area contributed by atoms with Crippen LogP contribution in [0.5, 0.6) is 0 Å². The van der Waals surface area contributed by atoms with Gasteiger partial charge in [0.15, 0.2) is 0 Å². The van der Waals surface area contributed by atoms with Crippen LogP contribution < -0.4 is 11.1 Å². The van der Waals surface area contributed by atoms with E-state index >= 15 is 0 Å². The van der Waals surface area contributed by atoms with E-state index in [0.29, 0.717) is 36.9 Å². The van der Waals surface area contributed by atoms with Gasteiger partial charge in [-0.2, -0.15) is 0 Å². The third-order valence-electron chi connectivity index (χ3n) is 3.56. The molecular weight excluding hydrogens is 272 g/mol. The molecule has 0 radical (unpaired) electrons. The van der Waals surface area contributed by atoms with E-state index in [-0.39, 0.29) is 5.91 Å². The summed E-state index contributed by atoms with van der Waals surface area (Å²) in [4.78, 5) is 11.8. The number of furan rings is 1. The van der Waals surface area contributed by atoms with Gasteiger partial charge in [-0.15, -0.1) is 0 Å². The Morgan fingerprint density at radius 2 is 2.24 bits per heavy atom. The van der Waals surface area contributed by atoms with Crippen LogP contribution in [0.1, 0.15) is 35.4 Å². The van der Waals surface area contributed by atoms with E-state index in [1.807, 2.05) is 0 Å². The van der Waals surface area contributed by atoms with Gasteiger partial charge in [0.25, 0.3) is 5.91 Å². The van der Waals surface area contributed by atoms with E-state index in [0.717, 1.165) is 39.1 Å². The Morgan fingerprint density at radius 3 is 2.95 bits per heavy atom. The van der Waals surface area contributed by atoms with Crippen molar-refractivity contribution in [3.8, 4) is 0 Å². The molecule has 0 bridgehead atoms. The molecule has 0 saturated carbocycles. The zero-order valence-corrected chi connectivity index (χ0v) is 12.3. The monoisotopic (exact) mass is 296 g/mol. The number of rotatable bonds is 8. The lowest BCUT2D eigenvalue weighted by molar-refractivity contribution is 0.0202. The lowest BCUT2D eigenvalue weighted by Crippen LogP contribution is -2.25. The van der Waals surface area contributed by atoms with Gasteiger partial charge in [0.05, 0.1) is 12.1 Å². The zero-order chi connectivity index (χ0) is 14.9. The SMILES string of the molecule is NCc1cc(C(=O)NCCCOCC2CCOCC2)co1. The first kappa shape index (κ1) is 16.0. The molecule has 0 spiro atoms. The maximum atomic E-state index is 11.8. The molecule has 0 atom stereocenters. The van der Waals surface area contributed by atoms with Gasteiger partial charge in [0, 0.05) is 33.0 Å². The van der Waals surface area contributed by atoms with E-state index < -0.39 is 0 Å². The zero-order valence-electron chi connectivity index (χ0n) is 12.3. The summed E-state index contributed by atoms with van der Waals surface area (Å²) in [5.41, 5.74) is 5.94. The molecule has 1 aliphatic heterocycles. The molecular formula is C15H24N2O4. The number of hydrogen-bond acceptors (Lipinski definition) is 5. The van der Waals surface area contributed by atoms with Gasteiger partial charge in [-0.1, -0.05) is 0 Å². The Kier molecular flexibility index (Phi) is 6.72. The van der Waals surface area contributed by atoms with Crippen LogP contribution in [0.2, 0.25) is 0 Å². The molecule has 1 aromatic rings. The van der Waals surface area contributed by atoms with Crippen molar-refractivity contribution in [3.05, 3.63) is 23.7 Å². The highest BCUT2D eigenvalue weighted by Gasteiger charge is 2.13. The Morgan fingerprint density at radius 1 is 1.43 bits per heavy atom. The largest absolute Gasteiger partial charge is 0.467 e. The van der Waals surface area contributed by atoms with Gasteiger partial charge in [-0.05, 0) is 31.2 Å². The number of nitrogens with one attached hydrogen (secondary N) is 1. The van der Waals surface area contributed by atoms with Crippen LogP contribution >= 0.6 is 0 Å². The van der Waals surface area contributed by atoms with E-state index in [9.17, 15) is 4.79 Å². The second kappa shape index (κ2) is 8.81. The fraction of sp³-hybridized carbons (Fsp3) is 0.667. The minimum Gasteiger partial charge on any atom is -0.467 e. The second-order valence-electron chi connectivity index (χ2n) is 5.25. The molecule has 0 aliphatic carbocycles. The number of carbonyl (C=O) groups is 1. The van der Waals surface area contributed by atoms with Crippen LogP contribution in [0.25, 0.3) is 0 Å². The van der Waals surface area contributed by atoms with Crippen molar-refractivity contribution in [1.82, 2.24) is 5.32 Å². The van der Waals surface area contributed by atoms with E-state index in [2.05, 4.69) is 5.32 Å². The molecule has 1 aromatic heterocycles. The van der Waals surface area contributed by atoms with Crippen LogP contribution in [-0.4, -0.2) is 38.9 Å². The molecule has 3 N–H and O–H groups in total. The van der Waals surface area contributed by atoms with Gasteiger partial charge in [-0.25, -0.2) is 0 Å². The van der Waals surface area contributed by atoms with Crippen LogP contribution in [-0.2, 0) is 16.0 Å². The molecule has 1 aliphatic rings. The van der Waals surface area contributed by atoms with Crippen molar-refractivity contribution < 1.29 is 18.7 Å². The number of nitrogens with two attached hydrogens (primary N) is 1. The average molecular weight is 296 g/mol. The molecule has 2 heterocycles. The van der Waals surface area contributed by atoms with Crippen molar-refractivity contribution in [2.24, 2.45) is 11.7 Å². The van der Waals surface area contributed by atoms with E-state index in [1.165, 1.54) is 6.26 Å². The Labute approximate surface area is 125 Å². The van der Waals surface area contributed by atoms with Crippen molar-refractivity contribution in [2.75, 3.05) is 33.0 Å². The fourth-order valence-electron chi connectivity index (χ4n) is 2.25. The minimum absolute atomic E-state index is 0.136. The first-order chi connectivity index (χ1) is 10.3. The maximum absolute atomic E-state index is 11.8. The third-order valence-corrected chi connectivity index (χ3v) is 3.56. The Hall–Kier alpha value is -1.37. The van der Waals surface area contributed by atoms with Gasteiger partial charge in [0.1, 0.15) is 12.0 Å². The Balaban J connectivity index is 1.52. The molecule has 1 fully saturated rings. The summed E-state index contributed by atoms with van der Waals surface area (Å²) in [5, 5.41) is 2.84. The predicted molar refractivity (Wildman–Crippen MR) is 77.9 cm³/mol. The number of carbonyl (C=O) groups excluding carboxylic acids is 1. The lowest BCUT2D eigenvalue weighted by atomic mass is 10.0. The number of amides is 1. The molecule has 0 aromatic carbocycles. The first-order valence-corrected chi connectivity index (χ1v) is 7.50. The highest BCUT2D eigenvalue weighted by molar-refractivity contribution is 5.93. The summed E-state index contributed by atoms with van der Waals surface area (Å²) in [6.07, 6.45) is 4.40. The molecule has 1 amide bonds. The quantitative estimate of drug-likeness (QED) is 0.706. The van der Waals surface area contributed by atoms with Crippen LogP contribution in [0.3, 0.4) is 0 Å². The summed E-state index contributed by atoms with van der Waals surface area (Å²) in [7, 11) is 0. The van der Waals surface area contributed by atoms with E-state index in [4.69, 9.17) is 19.6 Å². The smallest absolute Gasteiger partial charge is 0.254 e. The van der Waals surface area contributed by atoms with Crippen LogP contribution in [0.4, 0.5) is 0 Å². The van der Waals surface area contributed by atoms with Crippen molar-refractivity contribution >= 4 is 5.91 Å².